The number of nitrogens with zero attached hydrogens (tertiary/aromatic N) is 3. The summed E-state index contributed by atoms with van der Waals surface area (Å²) < 4.78 is 5.32. The van der Waals surface area contributed by atoms with Crippen molar-refractivity contribution in [1.82, 2.24) is 10.3 Å². The van der Waals surface area contributed by atoms with Crippen LogP contribution in [0, 0.1) is 0 Å². The maximum Gasteiger partial charge on any atom is 0.414 e. The molecule has 2 aliphatic heterocycles. The largest absolute Gasteiger partial charge is 0.442 e. The van der Waals surface area contributed by atoms with Crippen LogP contribution in [0.2, 0.25) is 0 Å². The Kier molecular flexibility index (Phi) is 5.89. The fourth-order valence-corrected chi connectivity index (χ4v) is 4.37. The summed E-state index contributed by atoms with van der Waals surface area (Å²) in [6.07, 6.45) is 1.18. The monoisotopic (exact) mass is 412 g/mol. The van der Waals surface area contributed by atoms with E-state index >= 15 is 0 Å². The Bertz CT molecular complexity index is 866. The number of rotatable bonds is 5. The highest BCUT2D eigenvalue weighted by atomic mass is 32.2. The van der Waals surface area contributed by atoms with Crippen LogP contribution in [0.25, 0.3) is 11.1 Å². The maximum atomic E-state index is 12.1. The normalized spacial score (nSPS) is 19.2. The predicted octanol–water partition coefficient (Wildman–Crippen LogP) is 2.76. The van der Waals surface area contributed by atoms with Crippen LogP contribution in [0.15, 0.2) is 42.6 Å². The van der Waals surface area contributed by atoms with Crippen LogP contribution in [-0.4, -0.2) is 60.8 Å². The molecule has 3 heterocycles. The van der Waals surface area contributed by atoms with Crippen LogP contribution in [0.1, 0.15) is 6.92 Å². The Morgan fingerprint density at radius 2 is 1.90 bits per heavy atom. The fourth-order valence-electron chi connectivity index (χ4n) is 3.47. The van der Waals surface area contributed by atoms with Gasteiger partial charge >= 0.3 is 6.09 Å². The van der Waals surface area contributed by atoms with Gasteiger partial charge in [0, 0.05) is 49.0 Å². The van der Waals surface area contributed by atoms with Crippen LogP contribution >= 0.6 is 11.8 Å². The van der Waals surface area contributed by atoms with Gasteiger partial charge in [-0.2, -0.15) is 11.8 Å². The molecule has 1 aromatic heterocycles. The molecule has 7 nitrogen and oxygen atoms in total. The third-order valence-corrected chi connectivity index (χ3v) is 5.99. The van der Waals surface area contributed by atoms with Crippen molar-refractivity contribution < 1.29 is 14.3 Å². The van der Waals surface area contributed by atoms with Crippen molar-refractivity contribution in [3.05, 3.63) is 42.6 Å². The summed E-state index contributed by atoms with van der Waals surface area (Å²) in [5.74, 6) is 3.18. The second kappa shape index (κ2) is 8.73. The van der Waals surface area contributed by atoms with Crippen molar-refractivity contribution in [2.24, 2.45) is 0 Å². The Balaban J connectivity index is 1.41. The standard InChI is InChI=1S/C21H24N4O3S/c1-15(26)22-13-19-14-25(21(27)28-19)18-5-2-16(3-6-18)17-4-7-20(23-12-17)24-8-10-29-11-9-24/h2-7,12,19H,8-11,13-14H2,1H3,(H,22,26)/t19-/m0/s1. The van der Waals surface area contributed by atoms with Gasteiger partial charge in [0.1, 0.15) is 11.9 Å². The zero-order valence-electron chi connectivity index (χ0n) is 16.3. The fraction of sp³-hybridized carbons (Fsp3) is 0.381. The lowest BCUT2D eigenvalue weighted by atomic mass is 10.1. The van der Waals surface area contributed by atoms with Crippen LogP contribution < -0.4 is 15.1 Å². The first-order valence-corrected chi connectivity index (χ1v) is 10.9. The van der Waals surface area contributed by atoms with Gasteiger partial charge in [-0.25, -0.2) is 9.78 Å². The van der Waals surface area contributed by atoms with E-state index in [1.807, 2.05) is 42.2 Å². The molecule has 4 rings (SSSR count). The van der Waals surface area contributed by atoms with E-state index in [4.69, 9.17) is 4.74 Å². The average molecular weight is 413 g/mol. The van der Waals surface area contributed by atoms with Crippen molar-refractivity contribution >= 4 is 35.3 Å². The van der Waals surface area contributed by atoms with E-state index in [0.29, 0.717) is 13.1 Å². The number of aromatic nitrogens is 1. The molecule has 0 spiro atoms. The average Bonchev–Trinajstić information content (AvgIpc) is 3.14. The van der Waals surface area contributed by atoms with Crippen molar-refractivity contribution in [3.63, 3.8) is 0 Å². The maximum absolute atomic E-state index is 12.1. The Morgan fingerprint density at radius 1 is 1.17 bits per heavy atom. The zero-order chi connectivity index (χ0) is 20.2. The highest BCUT2D eigenvalue weighted by molar-refractivity contribution is 7.99. The van der Waals surface area contributed by atoms with Gasteiger partial charge in [0.25, 0.3) is 0 Å². The van der Waals surface area contributed by atoms with E-state index in [9.17, 15) is 9.59 Å². The molecule has 2 aliphatic rings. The third-order valence-electron chi connectivity index (χ3n) is 5.05. The third kappa shape index (κ3) is 4.64. The molecule has 0 unspecified atom stereocenters. The molecule has 2 saturated heterocycles. The molecule has 2 fully saturated rings. The molecule has 1 N–H and O–H groups in total. The van der Waals surface area contributed by atoms with E-state index in [1.54, 1.807) is 4.90 Å². The van der Waals surface area contributed by atoms with Gasteiger partial charge in [0.15, 0.2) is 0 Å². The lowest BCUT2D eigenvalue weighted by Crippen LogP contribution is -2.33. The first kappa shape index (κ1) is 19.6. The van der Waals surface area contributed by atoms with Gasteiger partial charge < -0.3 is 15.0 Å². The summed E-state index contributed by atoms with van der Waals surface area (Å²) in [5, 5.41) is 2.68. The van der Waals surface area contributed by atoms with Crippen LogP contribution in [-0.2, 0) is 9.53 Å². The number of cyclic esters (lactones) is 1. The van der Waals surface area contributed by atoms with E-state index in [1.165, 1.54) is 6.92 Å². The number of carbonyl (C=O) groups is 2. The molecular weight excluding hydrogens is 388 g/mol. The van der Waals surface area contributed by atoms with E-state index in [0.717, 1.165) is 47.2 Å². The molecule has 0 radical (unpaired) electrons. The summed E-state index contributed by atoms with van der Waals surface area (Å²) in [6, 6.07) is 12.0. The number of hydrogen-bond acceptors (Lipinski definition) is 6. The smallest absolute Gasteiger partial charge is 0.414 e. The minimum atomic E-state index is -0.390. The predicted molar refractivity (Wildman–Crippen MR) is 116 cm³/mol. The van der Waals surface area contributed by atoms with Crippen molar-refractivity contribution in [1.29, 1.82) is 0 Å². The highest BCUT2D eigenvalue weighted by Gasteiger charge is 2.32. The van der Waals surface area contributed by atoms with Gasteiger partial charge in [0.2, 0.25) is 5.91 Å². The molecule has 1 atom stereocenters. The van der Waals surface area contributed by atoms with Gasteiger partial charge in [0.05, 0.1) is 13.1 Å². The van der Waals surface area contributed by atoms with E-state index in [-0.39, 0.29) is 18.1 Å². The first-order chi connectivity index (χ1) is 14.1. The molecule has 0 bridgehead atoms. The number of carbonyl (C=O) groups excluding carboxylic acids is 2. The Morgan fingerprint density at radius 3 is 2.55 bits per heavy atom. The number of benzene rings is 1. The van der Waals surface area contributed by atoms with Gasteiger partial charge in [-0.3, -0.25) is 9.69 Å². The van der Waals surface area contributed by atoms with Crippen LogP contribution in [0.4, 0.5) is 16.3 Å². The van der Waals surface area contributed by atoms with Crippen molar-refractivity contribution in [2.75, 3.05) is 47.5 Å². The number of amides is 2. The van der Waals surface area contributed by atoms with Crippen molar-refractivity contribution in [2.45, 2.75) is 13.0 Å². The Hall–Kier alpha value is -2.74. The molecular formula is C21H24N4O3S. The number of pyridine rings is 1. The van der Waals surface area contributed by atoms with E-state index in [2.05, 4.69) is 27.3 Å². The highest BCUT2D eigenvalue weighted by Crippen LogP contribution is 2.27. The second-order valence-electron chi connectivity index (χ2n) is 7.10. The lowest BCUT2D eigenvalue weighted by Gasteiger charge is -2.27. The molecule has 0 aliphatic carbocycles. The summed E-state index contributed by atoms with van der Waals surface area (Å²) in [5.41, 5.74) is 2.86. The molecule has 2 amide bonds. The van der Waals surface area contributed by atoms with Gasteiger partial charge in [-0.15, -0.1) is 0 Å². The summed E-state index contributed by atoms with van der Waals surface area (Å²) >= 11 is 1.98. The minimum absolute atomic E-state index is 0.136. The number of anilines is 2. The van der Waals surface area contributed by atoms with Crippen LogP contribution in [0.3, 0.4) is 0 Å². The van der Waals surface area contributed by atoms with Gasteiger partial charge in [-0.1, -0.05) is 12.1 Å². The van der Waals surface area contributed by atoms with Crippen LogP contribution in [0.5, 0.6) is 0 Å². The topological polar surface area (TPSA) is 74.8 Å². The van der Waals surface area contributed by atoms with Crippen molar-refractivity contribution in [3.8, 4) is 11.1 Å². The zero-order valence-corrected chi connectivity index (χ0v) is 17.2. The quantitative estimate of drug-likeness (QED) is 0.814. The summed E-state index contributed by atoms with van der Waals surface area (Å²) in [7, 11) is 0. The SMILES string of the molecule is CC(=O)NC[C@H]1CN(c2ccc(-c3ccc(N4CCSCC4)nc3)cc2)C(=O)O1. The second-order valence-corrected chi connectivity index (χ2v) is 8.33. The number of nitrogens with one attached hydrogen (secondary N) is 1. The number of thioether (sulfide) groups is 1. The number of hydrogen-bond donors (Lipinski definition) is 1. The molecule has 0 saturated carbocycles. The number of ether oxygens (including phenoxy) is 1. The lowest BCUT2D eigenvalue weighted by molar-refractivity contribution is -0.119. The minimum Gasteiger partial charge on any atom is -0.442 e. The van der Waals surface area contributed by atoms with E-state index < -0.39 is 0 Å². The first-order valence-electron chi connectivity index (χ1n) is 9.72. The molecule has 8 heteroatoms. The van der Waals surface area contributed by atoms with Gasteiger partial charge in [-0.05, 0) is 29.8 Å². The molecule has 152 valence electrons. The molecule has 1 aromatic carbocycles. The molecule has 2 aromatic rings. The summed E-state index contributed by atoms with van der Waals surface area (Å²) in [6.45, 7) is 4.27. The molecule has 29 heavy (non-hydrogen) atoms. The Labute approximate surface area is 174 Å². The summed E-state index contributed by atoms with van der Waals surface area (Å²) in [4.78, 5) is 31.7.